The Balaban J connectivity index is 0.00000156. The highest BCUT2D eigenvalue weighted by molar-refractivity contribution is 7.14. The van der Waals surface area contributed by atoms with E-state index in [1.807, 2.05) is 10.3 Å². The Hall–Kier alpha value is -1.32. The first-order valence-corrected chi connectivity index (χ1v) is 8.22. The molecule has 126 valence electrons. The molecule has 0 radical (unpaired) electrons. The molecule has 1 N–H and O–H groups in total. The Kier molecular flexibility index (Phi) is 4.52. The van der Waals surface area contributed by atoms with E-state index in [4.69, 9.17) is 0 Å². The number of rotatable bonds is 2. The molecule has 0 aliphatic carbocycles. The lowest BCUT2D eigenvalue weighted by Crippen LogP contribution is -2.39. The van der Waals surface area contributed by atoms with Crippen LogP contribution in [0.1, 0.15) is 18.7 Å². The SMILES string of the molecule is Cl.FC1(F)CCN(c2nc(-c3nnc4n3CCNC4)cs2)CC1. The lowest BCUT2D eigenvalue weighted by molar-refractivity contribution is -0.0220. The van der Waals surface area contributed by atoms with E-state index < -0.39 is 5.92 Å². The third-order valence-corrected chi connectivity index (χ3v) is 5.01. The second kappa shape index (κ2) is 6.29. The van der Waals surface area contributed by atoms with Crippen molar-refractivity contribution >= 4 is 28.9 Å². The van der Waals surface area contributed by atoms with E-state index in [-0.39, 0.29) is 25.2 Å². The minimum atomic E-state index is -2.53. The maximum absolute atomic E-state index is 13.2. The summed E-state index contributed by atoms with van der Waals surface area (Å²) >= 11 is 1.48. The highest BCUT2D eigenvalue weighted by Gasteiger charge is 2.35. The Morgan fingerprint density at radius 3 is 2.74 bits per heavy atom. The largest absolute Gasteiger partial charge is 0.348 e. The predicted molar refractivity (Wildman–Crippen MR) is 86.5 cm³/mol. The summed E-state index contributed by atoms with van der Waals surface area (Å²) in [6.07, 6.45) is -0.207. The third kappa shape index (κ3) is 3.17. The number of alkyl halides is 2. The van der Waals surface area contributed by atoms with E-state index in [0.29, 0.717) is 19.6 Å². The predicted octanol–water partition coefficient (Wildman–Crippen LogP) is 2.16. The van der Waals surface area contributed by atoms with Gasteiger partial charge >= 0.3 is 0 Å². The van der Waals surface area contributed by atoms with Crippen molar-refractivity contribution in [3.05, 3.63) is 11.2 Å². The van der Waals surface area contributed by atoms with Crippen LogP contribution >= 0.6 is 23.7 Å². The molecular weight excluding hydrogens is 346 g/mol. The number of hydrogen-bond acceptors (Lipinski definition) is 6. The van der Waals surface area contributed by atoms with Crippen LogP contribution in [0.3, 0.4) is 0 Å². The molecule has 2 aromatic heterocycles. The zero-order valence-electron chi connectivity index (χ0n) is 12.3. The fraction of sp³-hybridized carbons (Fsp3) is 0.615. The number of hydrogen-bond donors (Lipinski definition) is 1. The molecule has 2 aromatic rings. The van der Waals surface area contributed by atoms with Crippen molar-refractivity contribution in [2.75, 3.05) is 24.5 Å². The van der Waals surface area contributed by atoms with Gasteiger partial charge in [-0.05, 0) is 0 Å². The highest BCUT2D eigenvalue weighted by atomic mass is 35.5. The van der Waals surface area contributed by atoms with E-state index in [1.165, 1.54) is 11.3 Å². The fourth-order valence-corrected chi connectivity index (χ4v) is 3.68. The Morgan fingerprint density at radius 2 is 1.96 bits per heavy atom. The average molecular weight is 363 g/mol. The van der Waals surface area contributed by atoms with Crippen LogP contribution in [0.25, 0.3) is 11.5 Å². The summed E-state index contributed by atoms with van der Waals surface area (Å²) in [5.41, 5.74) is 0.776. The maximum Gasteiger partial charge on any atom is 0.251 e. The van der Waals surface area contributed by atoms with Gasteiger partial charge in [0.25, 0.3) is 5.92 Å². The van der Waals surface area contributed by atoms with Gasteiger partial charge < -0.3 is 14.8 Å². The minimum Gasteiger partial charge on any atom is -0.348 e. The number of halogens is 3. The van der Waals surface area contributed by atoms with Crippen LogP contribution in [0.5, 0.6) is 0 Å². The molecule has 1 fully saturated rings. The monoisotopic (exact) mass is 362 g/mol. The normalized spacial score (nSPS) is 20.0. The molecule has 0 saturated carbocycles. The molecule has 6 nitrogen and oxygen atoms in total. The number of fused-ring (bicyclic) bond motifs is 1. The second-order valence-electron chi connectivity index (χ2n) is 5.63. The summed E-state index contributed by atoms with van der Waals surface area (Å²) in [7, 11) is 0. The summed E-state index contributed by atoms with van der Waals surface area (Å²) in [6.45, 7) is 3.12. The smallest absolute Gasteiger partial charge is 0.251 e. The number of piperidine rings is 1. The van der Waals surface area contributed by atoms with Crippen molar-refractivity contribution in [3.8, 4) is 11.5 Å². The molecule has 0 unspecified atom stereocenters. The van der Waals surface area contributed by atoms with E-state index in [9.17, 15) is 8.78 Å². The zero-order valence-corrected chi connectivity index (χ0v) is 14.0. The molecule has 4 rings (SSSR count). The quantitative estimate of drug-likeness (QED) is 0.887. The lowest BCUT2D eigenvalue weighted by Gasteiger charge is -2.31. The number of nitrogens with zero attached hydrogens (tertiary/aromatic N) is 5. The molecule has 0 spiro atoms. The molecule has 23 heavy (non-hydrogen) atoms. The van der Waals surface area contributed by atoms with Gasteiger partial charge in [-0.2, -0.15) is 0 Å². The fourth-order valence-electron chi connectivity index (χ4n) is 2.82. The standard InChI is InChI=1S/C13H16F2N6S.ClH/c14-13(15)1-4-20(5-2-13)12-17-9(8-22-12)11-19-18-10-7-16-3-6-21(10)11;/h8,16H,1-7H2;1H. The number of nitrogens with one attached hydrogen (secondary N) is 1. The Bertz CT molecular complexity index is 678. The van der Waals surface area contributed by atoms with Gasteiger partial charge in [-0.25, -0.2) is 13.8 Å². The molecule has 0 atom stereocenters. The Morgan fingerprint density at radius 1 is 1.17 bits per heavy atom. The molecule has 0 bridgehead atoms. The van der Waals surface area contributed by atoms with Gasteiger partial charge in [0.2, 0.25) is 0 Å². The van der Waals surface area contributed by atoms with Crippen molar-refractivity contribution in [2.45, 2.75) is 31.9 Å². The van der Waals surface area contributed by atoms with Crippen molar-refractivity contribution in [1.82, 2.24) is 25.1 Å². The third-order valence-electron chi connectivity index (χ3n) is 4.11. The first-order chi connectivity index (χ1) is 10.6. The molecule has 0 aromatic carbocycles. The molecule has 10 heteroatoms. The van der Waals surface area contributed by atoms with Crippen LogP contribution in [-0.2, 0) is 13.1 Å². The molecule has 2 aliphatic heterocycles. The molecular formula is C13H17ClF2N6S. The minimum absolute atomic E-state index is 0. The van der Waals surface area contributed by atoms with Gasteiger partial charge in [-0.3, -0.25) is 0 Å². The number of aromatic nitrogens is 4. The van der Waals surface area contributed by atoms with Gasteiger partial charge in [0, 0.05) is 44.4 Å². The first kappa shape index (κ1) is 16.5. The average Bonchev–Trinajstić information content (AvgIpc) is 3.13. The first-order valence-electron chi connectivity index (χ1n) is 7.34. The van der Waals surface area contributed by atoms with Crippen molar-refractivity contribution in [2.24, 2.45) is 0 Å². The highest BCUT2D eigenvalue weighted by Crippen LogP contribution is 2.33. The number of thiazole rings is 1. The van der Waals surface area contributed by atoms with Crippen LogP contribution in [0.4, 0.5) is 13.9 Å². The molecule has 2 aliphatic rings. The second-order valence-corrected chi connectivity index (χ2v) is 6.46. The van der Waals surface area contributed by atoms with Crippen LogP contribution in [0.15, 0.2) is 5.38 Å². The van der Waals surface area contributed by atoms with Crippen LogP contribution < -0.4 is 10.2 Å². The van der Waals surface area contributed by atoms with Crippen molar-refractivity contribution in [1.29, 1.82) is 0 Å². The van der Waals surface area contributed by atoms with E-state index in [2.05, 4.69) is 25.1 Å². The van der Waals surface area contributed by atoms with Gasteiger partial charge in [0.15, 0.2) is 11.0 Å². The summed E-state index contributed by atoms with van der Waals surface area (Å²) in [4.78, 5) is 6.52. The van der Waals surface area contributed by atoms with E-state index in [0.717, 1.165) is 35.6 Å². The Labute approximate surface area is 142 Å². The molecule has 1 saturated heterocycles. The van der Waals surface area contributed by atoms with Crippen LogP contribution in [0, 0.1) is 0 Å². The van der Waals surface area contributed by atoms with E-state index >= 15 is 0 Å². The summed E-state index contributed by atoms with van der Waals surface area (Å²) in [5.74, 6) is -0.856. The lowest BCUT2D eigenvalue weighted by atomic mass is 10.1. The maximum atomic E-state index is 13.2. The van der Waals surface area contributed by atoms with Gasteiger partial charge in [0.05, 0.1) is 6.54 Å². The van der Waals surface area contributed by atoms with Crippen molar-refractivity contribution in [3.63, 3.8) is 0 Å². The topological polar surface area (TPSA) is 58.9 Å². The molecule has 4 heterocycles. The van der Waals surface area contributed by atoms with Crippen molar-refractivity contribution < 1.29 is 8.78 Å². The molecule has 0 amide bonds. The van der Waals surface area contributed by atoms with Crippen LogP contribution in [-0.4, -0.2) is 45.3 Å². The van der Waals surface area contributed by atoms with Gasteiger partial charge in [-0.1, -0.05) is 0 Å². The zero-order chi connectivity index (χ0) is 15.2. The van der Waals surface area contributed by atoms with E-state index in [1.54, 1.807) is 0 Å². The van der Waals surface area contributed by atoms with Gasteiger partial charge in [-0.15, -0.1) is 33.9 Å². The summed E-state index contributed by atoms with van der Waals surface area (Å²) in [5, 5.41) is 14.4. The van der Waals surface area contributed by atoms with Crippen LogP contribution in [0.2, 0.25) is 0 Å². The number of anilines is 1. The summed E-state index contributed by atoms with van der Waals surface area (Å²) in [6, 6.07) is 0. The summed E-state index contributed by atoms with van der Waals surface area (Å²) < 4.78 is 28.5. The van der Waals surface area contributed by atoms with Gasteiger partial charge in [0.1, 0.15) is 11.5 Å².